The van der Waals surface area contributed by atoms with E-state index in [2.05, 4.69) is 19.2 Å². The molecule has 2 rings (SSSR count). The van der Waals surface area contributed by atoms with E-state index in [0.29, 0.717) is 6.54 Å². The third-order valence-corrected chi connectivity index (χ3v) is 2.64. The van der Waals surface area contributed by atoms with Crippen LogP contribution < -0.4 is 10.2 Å². The molecule has 0 radical (unpaired) electrons. The number of benzene rings is 1. The predicted molar refractivity (Wildman–Crippen MR) is 60.9 cm³/mol. The molecule has 0 atom stereocenters. The summed E-state index contributed by atoms with van der Waals surface area (Å²) >= 11 is 0. The number of nitrogens with zero attached hydrogens (tertiary/aromatic N) is 1. The van der Waals surface area contributed by atoms with E-state index in [4.69, 9.17) is 0 Å². The van der Waals surface area contributed by atoms with Crippen LogP contribution in [0.5, 0.6) is 0 Å². The van der Waals surface area contributed by atoms with Gasteiger partial charge in [-0.25, -0.2) is 0 Å². The maximum atomic E-state index is 11.7. The van der Waals surface area contributed by atoms with Crippen molar-refractivity contribution in [3.63, 3.8) is 0 Å². The average Bonchev–Trinajstić information content (AvgIpc) is 2.23. The van der Waals surface area contributed by atoms with Crippen molar-refractivity contribution in [1.82, 2.24) is 5.32 Å². The molecule has 1 fully saturated rings. The minimum atomic E-state index is -0.0102. The Kier molecular flexibility index (Phi) is 2.49. The van der Waals surface area contributed by atoms with Crippen molar-refractivity contribution in [3.05, 3.63) is 30.3 Å². The van der Waals surface area contributed by atoms with E-state index in [1.807, 2.05) is 35.2 Å². The Morgan fingerprint density at radius 3 is 2.60 bits per heavy atom. The lowest BCUT2D eigenvalue weighted by atomic mass is 10.0. The lowest BCUT2D eigenvalue weighted by Gasteiger charge is -2.38. The van der Waals surface area contributed by atoms with Crippen molar-refractivity contribution in [3.8, 4) is 0 Å². The zero-order chi connectivity index (χ0) is 10.9. The summed E-state index contributed by atoms with van der Waals surface area (Å²) in [4.78, 5) is 13.6. The zero-order valence-electron chi connectivity index (χ0n) is 9.16. The van der Waals surface area contributed by atoms with Crippen LogP contribution in [0.4, 0.5) is 5.69 Å². The van der Waals surface area contributed by atoms with Gasteiger partial charge < -0.3 is 10.2 Å². The fourth-order valence-electron chi connectivity index (χ4n) is 1.79. The first-order valence-corrected chi connectivity index (χ1v) is 5.19. The minimum absolute atomic E-state index is 0.0102. The number of amides is 1. The fraction of sp³-hybridized carbons (Fsp3) is 0.417. The molecule has 3 nitrogen and oxygen atoms in total. The number of nitrogens with one attached hydrogen (secondary N) is 1. The molecule has 1 heterocycles. The van der Waals surface area contributed by atoms with Crippen LogP contribution in [0.25, 0.3) is 0 Å². The summed E-state index contributed by atoms with van der Waals surface area (Å²) in [6.45, 7) is 5.35. The summed E-state index contributed by atoms with van der Waals surface area (Å²) in [6, 6.07) is 9.81. The van der Waals surface area contributed by atoms with Gasteiger partial charge in [-0.15, -0.1) is 0 Å². The van der Waals surface area contributed by atoms with Crippen molar-refractivity contribution >= 4 is 11.6 Å². The van der Waals surface area contributed by atoms with E-state index >= 15 is 0 Å². The smallest absolute Gasteiger partial charge is 0.241 e. The highest BCUT2D eigenvalue weighted by Crippen LogP contribution is 2.19. The quantitative estimate of drug-likeness (QED) is 0.750. The third kappa shape index (κ3) is 2.18. The molecule has 1 aromatic carbocycles. The first-order valence-electron chi connectivity index (χ1n) is 5.19. The molecule has 0 unspecified atom stereocenters. The van der Waals surface area contributed by atoms with Gasteiger partial charge in [-0.1, -0.05) is 18.2 Å². The zero-order valence-corrected chi connectivity index (χ0v) is 9.16. The summed E-state index contributed by atoms with van der Waals surface area (Å²) in [6.07, 6.45) is 0. The van der Waals surface area contributed by atoms with Gasteiger partial charge in [0, 0.05) is 17.8 Å². The number of hydrogen-bond donors (Lipinski definition) is 1. The SMILES string of the molecule is CC1(C)CN(c2ccccc2)C(=O)CN1. The van der Waals surface area contributed by atoms with E-state index in [1.165, 1.54) is 0 Å². The van der Waals surface area contributed by atoms with E-state index in [9.17, 15) is 4.79 Å². The van der Waals surface area contributed by atoms with Crippen LogP contribution in [0, 0.1) is 0 Å². The van der Waals surface area contributed by atoms with Crippen molar-refractivity contribution in [1.29, 1.82) is 0 Å². The summed E-state index contributed by atoms with van der Waals surface area (Å²) in [5, 5.41) is 3.22. The second-order valence-electron chi connectivity index (χ2n) is 4.55. The molecule has 0 bridgehead atoms. The van der Waals surface area contributed by atoms with E-state index in [-0.39, 0.29) is 11.4 Å². The number of para-hydroxylation sites is 1. The molecule has 80 valence electrons. The van der Waals surface area contributed by atoms with Gasteiger partial charge in [-0.3, -0.25) is 4.79 Å². The highest BCUT2D eigenvalue weighted by Gasteiger charge is 2.31. The molecule has 1 aromatic rings. The molecular weight excluding hydrogens is 188 g/mol. The molecule has 1 aliphatic rings. The van der Waals surface area contributed by atoms with Gasteiger partial charge in [0.15, 0.2) is 0 Å². The molecular formula is C12H16N2O. The monoisotopic (exact) mass is 204 g/mol. The van der Waals surface area contributed by atoms with Crippen LogP contribution in [0.2, 0.25) is 0 Å². The molecule has 1 saturated heterocycles. The number of rotatable bonds is 1. The average molecular weight is 204 g/mol. The summed E-state index contributed by atoms with van der Waals surface area (Å²) in [5.74, 6) is 0.139. The van der Waals surface area contributed by atoms with Gasteiger partial charge in [0.05, 0.1) is 6.54 Å². The second kappa shape index (κ2) is 3.66. The van der Waals surface area contributed by atoms with Gasteiger partial charge in [-0.2, -0.15) is 0 Å². The molecule has 3 heteroatoms. The molecule has 1 aliphatic heterocycles. The maximum Gasteiger partial charge on any atom is 0.241 e. The normalized spacial score (nSPS) is 20.4. The van der Waals surface area contributed by atoms with Crippen molar-refractivity contribution < 1.29 is 4.79 Å². The third-order valence-electron chi connectivity index (χ3n) is 2.64. The van der Waals surface area contributed by atoms with E-state index in [0.717, 1.165) is 12.2 Å². The van der Waals surface area contributed by atoms with Crippen LogP contribution >= 0.6 is 0 Å². The fourth-order valence-corrected chi connectivity index (χ4v) is 1.79. The van der Waals surface area contributed by atoms with Crippen LogP contribution in [-0.2, 0) is 4.79 Å². The van der Waals surface area contributed by atoms with Crippen LogP contribution in [0.1, 0.15) is 13.8 Å². The Morgan fingerprint density at radius 2 is 1.93 bits per heavy atom. The van der Waals surface area contributed by atoms with Gasteiger partial charge >= 0.3 is 0 Å². The molecule has 1 amide bonds. The summed E-state index contributed by atoms with van der Waals surface area (Å²) < 4.78 is 0. The first-order chi connectivity index (χ1) is 7.08. The molecule has 15 heavy (non-hydrogen) atoms. The van der Waals surface area contributed by atoms with E-state index in [1.54, 1.807) is 0 Å². The lowest BCUT2D eigenvalue weighted by molar-refractivity contribution is -0.119. The van der Waals surface area contributed by atoms with E-state index < -0.39 is 0 Å². The highest BCUT2D eigenvalue weighted by atomic mass is 16.2. The minimum Gasteiger partial charge on any atom is -0.309 e. The van der Waals surface area contributed by atoms with Gasteiger partial charge in [0.25, 0.3) is 0 Å². The Bertz CT molecular complexity index is 359. The van der Waals surface area contributed by atoms with Crippen molar-refractivity contribution in [2.45, 2.75) is 19.4 Å². The second-order valence-corrected chi connectivity index (χ2v) is 4.55. The molecule has 0 aliphatic carbocycles. The number of carbonyl (C=O) groups is 1. The first kappa shape index (κ1) is 10.2. The molecule has 0 saturated carbocycles. The van der Waals surface area contributed by atoms with Crippen LogP contribution in [0.15, 0.2) is 30.3 Å². The molecule has 0 spiro atoms. The summed E-state index contributed by atoms with van der Waals surface area (Å²) in [7, 11) is 0. The van der Waals surface area contributed by atoms with Crippen LogP contribution in [0.3, 0.4) is 0 Å². The molecule has 1 N–H and O–H groups in total. The van der Waals surface area contributed by atoms with Gasteiger partial charge in [0.1, 0.15) is 0 Å². The number of anilines is 1. The number of hydrogen-bond acceptors (Lipinski definition) is 2. The standard InChI is InChI=1S/C12H16N2O/c1-12(2)9-14(11(15)8-13-12)10-6-4-3-5-7-10/h3-7,13H,8-9H2,1-2H3. The molecule has 0 aromatic heterocycles. The Balaban J connectivity index is 2.24. The van der Waals surface area contributed by atoms with Crippen LogP contribution in [-0.4, -0.2) is 24.5 Å². The van der Waals surface area contributed by atoms with Crippen molar-refractivity contribution in [2.75, 3.05) is 18.0 Å². The summed E-state index contributed by atoms with van der Waals surface area (Å²) in [5.41, 5.74) is 0.973. The topological polar surface area (TPSA) is 32.3 Å². The lowest BCUT2D eigenvalue weighted by Crippen LogP contribution is -2.59. The van der Waals surface area contributed by atoms with Crippen molar-refractivity contribution in [2.24, 2.45) is 0 Å². The van der Waals surface area contributed by atoms with Gasteiger partial charge in [-0.05, 0) is 26.0 Å². The highest BCUT2D eigenvalue weighted by molar-refractivity contribution is 5.95. The predicted octanol–water partition coefficient (Wildman–Crippen LogP) is 1.40. The largest absolute Gasteiger partial charge is 0.309 e. The number of piperazine rings is 1. The Labute approximate surface area is 90.1 Å². The maximum absolute atomic E-state index is 11.7. The number of carbonyl (C=O) groups excluding carboxylic acids is 1. The Hall–Kier alpha value is -1.35. The Morgan fingerprint density at radius 1 is 1.27 bits per heavy atom. The van der Waals surface area contributed by atoms with Gasteiger partial charge in [0.2, 0.25) is 5.91 Å².